The van der Waals surface area contributed by atoms with Gasteiger partial charge in [0.1, 0.15) is 0 Å². The van der Waals surface area contributed by atoms with Gasteiger partial charge >= 0.3 is 0 Å². The van der Waals surface area contributed by atoms with Crippen LogP contribution in [0.5, 0.6) is 0 Å². The SMILES string of the molecule is CCOC1=CC=C(C(C)(C)CC(C)C)CC1. The molecule has 92 valence electrons. The molecule has 0 aromatic carbocycles. The summed E-state index contributed by atoms with van der Waals surface area (Å²) >= 11 is 0. The molecule has 16 heavy (non-hydrogen) atoms. The molecule has 1 nitrogen and oxygen atoms in total. The largest absolute Gasteiger partial charge is 0.498 e. The van der Waals surface area contributed by atoms with Crippen LogP contribution in [0.1, 0.15) is 53.9 Å². The van der Waals surface area contributed by atoms with Crippen molar-refractivity contribution in [2.75, 3.05) is 6.61 Å². The third kappa shape index (κ3) is 3.70. The topological polar surface area (TPSA) is 9.23 Å². The Morgan fingerprint density at radius 2 is 1.94 bits per heavy atom. The van der Waals surface area contributed by atoms with Gasteiger partial charge in [-0.15, -0.1) is 0 Å². The molecule has 1 aliphatic carbocycles. The standard InChI is InChI=1S/C15H26O/c1-6-16-14-9-7-13(8-10-14)15(4,5)11-12(2)3/h7,9,12H,6,8,10-11H2,1-5H3. The Hall–Kier alpha value is -0.720. The first-order valence-corrected chi connectivity index (χ1v) is 6.48. The van der Waals surface area contributed by atoms with E-state index in [0.29, 0.717) is 5.41 Å². The van der Waals surface area contributed by atoms with Crippen molar-refractivity contribution in [1.82, 2.24) is 0 Å². The van der Waals surface area contributed by atoms with Crippen LogP contribution in [0.4, 0.5) is 0 Å². The lowest BCUT2D eigenvalue weighted by atomic mass is 9.74. The lowest BCUT2D eigenvalue weighted by molar-refractivity contribution is 0.214. The molecule has 0 spiro atoms. The molecule has 0 aromatic heterocycles. The summed E-state index contributed by atoms with van der Waals surface area (Å²) in [4.78, 5) is 0. The van der Waals surface area contributed by atoms with E-state index in [4.69, 9.17) is 4.74 Å². The molecular weight excluding hydrogens is 196 g/mol. The first-order chi connectivity index (χ1) is 7.45. The van der Waals surface area contributed by atoms with Crippen LogP contribution in [-0.4, -0.2) is 6.61 Å². The number of rotatable bonds is 5. The fourth-order valence-corrected chi connectivity index (χ4v) is 2.64. The molecule has 0 bridgehead atoms. The van der Waals surface area contributed by atoms with Crippen LogP contribution in [0, 0.1) is 11.3 Å². The molecule has 0 N–H and O–H groups in total. The molecule has 0 atom stereocenters. The molecular formula is C15H26O. The first kappa shape index (κ1) is 13.3. The molecule has 0 unspecified atom stereocenters. The summed E-state index contributed by atoms with van der Waals surface area (Å²) in [6.45, 7) is 12.1. The summed E-state index contributed by atoms with van der Waals surface area (Å²) in [6, 6.07) is 0. The van der Waals surface area contributed by atoms with E-state index in [1.165, 1.54) is 6.42 Å². The Morgan fingerprint density at radius 1 is 1.25 bits per heavy atom. The monoisotopic (exact) mass is 222 g/mol. The predicted octanol–water partition coefficient (Wildman–Crippen LogP) is 4.70. The second-order valence-electron chi connectivity index (χ2n) is 5.74. The van der Waals surface area contributed by atoms with E-state index in [0.717, 1.165) is 31.1 Å². The highest BCUT2D eigenvalue weighted by molar-refractivity contribution is 5.25. The van der Waals surface area contributed by atoms with E-state index in [2.05, 4.69) is 39.8 Å². The highest BCUT2D eigenvalue weighted by Crippen LogP contribution is 2.38. The molecule has 1 rings (SSSR count). The Bertz CT molecular complexity index is 282. The van der Waals surface area contributed by atoms with Crippen LogP contribution in [0.2, 0.25) is 0 Å². The van der Waals surface area contributed by atoms with Crippen molar-refractivity contribution in [2.45, 2.75) is 53.9 Å². The Labute approximate surface area is 101 Å². The van der Waals surface area contributed by atoms with Crippen LogP contribution in [0.25, 0.3) is 0 Å². The van der Waals surface area contributed by atoms with E-state index < -0.39 is 0 Å². The third-order valence-corrected chi connectivity index (χ3v) is 3.23. The maximum atomic E-state index is 5.54. The average Bonchev–Trinajstić information content (AvgIpc) is 2.17. The smallest absolute Gasteiger partial charge is 0.0962 e. The summed E-state index contributed by atoms with van der Waals surface area (Å²) in [7, 11) is 0. The van der Waals surface area contributed by atoms with Crippen molar-refractivity contribution in [3.63, 3.8) is 0 Å². The highest BCUT2D eigenvalue weighted by atomic mass is 16.5. The molecule has 0 aliphatic heterocycles. The van der Waals surface area contributed by atoms with Gasteiger partial charge in [-0.1, -0.05) is 39.3 Å². The van der Waals surface area contributed by atoms with E-state index in [1.54, 1.807) is 5.57 Å². The summed E-state index contributed by atoms with van der Waals surface area (Å²) in [5.74, 6) is 1.90. The molecule has 0 fully saturated rings. The van der Waals surface area contributed by atoms with Crippen molar-refractivity contribution < 1.29 is 4.74 Å². The summed E-state index contributed by atoms with van der Waals surface area (Å²) in [6.07, 6.45) is 7.92. The lowest BCUT2D eigenvalue weighted by Gasteiger charge is -2.31. The summed E-state index contributed by atoms with van der Waals surface area (Å²) in [5, 5.41) is 0. The molecule has 0 heterocycles. The van der Waals surface area contributed by atoms with Crippen LogP contribution >= 0.6 is 0 Å². The van der Waals surface area contributed by atoms with Crippen molar-refractivity contribution in [2.24, 2.45) is 11.3 Å². The second-order valence-corrected chi connectivity index (χ2v) is 5.74. The number of allylic oxidation sites excluding steroid dienone is 4. The zero-order chi connectivity index (χ0) is 12.2. The maximum Gasteiger partial charge on any atom is 0.0962 e. The third-order valence-electron chi connectivity index (χ3n) is 3.23. The van der Waals surface area contributed by atoms with Crippen LogP contribution in [0.15, 0.2) is 23.5 Å². The number of hydrogen-bond donors (Lipinski definition) is 0. The van der Waals surface area contributed by atoms with E-state index in [1.807, 2.05) is 6.92 Å². The Morgan fingerprint density at radius 3 is 2.38 bits per heavy atom. The van der Waals surface area contributed by atoms with Crippen LogP contribution < -0.4 is 0 Å². The fraction of sp³-hybridized carbons (Fsp3) is 0.733. The lowest BCUT2D eigenvalue weighted by Crippen LogP contribution is -2.19. The van der Waals surface area contributed by atoms with Gasteiger partial charge in [-0.3, -0.25) is 0 Å². The van der Waals surface area contributed by atoms with Gasteiger partial charge < -0.3 is 4.74 Å². The molecule has 0 radical (unpaired) electrons. The molecule has 0 amide bonds. The van der Waals surface area contributed by atoms with Crippen molar-refractivity contribution in [3.8, 4) is 0 Å². The zero-order valence-corrected chi connectivity index (χ0v) is 11.5. The molecule has 0 aromatic rings. The first-order valence-electron chi connectivity index (χ1n) is 6.48. The maximum absolute atomic E-state index is 5.54. The number of ether oxygens (including phenoxy) is 1. The van der Waals surface area contributed by atoms with Crippen molar-refractivity contribution >= 4 is 0 Å². The van der Waals surface area contributed by atoms with Gasteiger partial charge in [0.2, 0.25) is 0 Å². The van der Waals surface area contributed by atoms with Gasteiger partial charge in [0.15, 0.2) is 0 Å². The van der Waals surface area contributed by atoms with Gasteiger partial charge in [0, 0.05) is 6.42 Å². The quantitative estimate of drug-likeness (QED) is 0.655. The van der Waals surface area contributed by atoms with Gasteiger partial charge in [0.25, 0.3) is 0 Å². The zero-order valence-electron chi connectivity index (χ0n) is 11.5. The number of hydrogen-bond acceptors (Lipinski definition) is 1. The molecule has 0 saturated heterocycles. The van der Waals surface area contributed by atoms with Crippen LogP contribution in [-0.2, 0) is 4.74 Å². The van der Waals surface area contributed by atoms with Crippen molar-refractivity contribution in [3.05, 3.63) is 23.5 Å². The fourth-order valence-electron chi connectivity index (χ4n) is 2.64. The molecule has 0 saturated carbocycles. The van der Waals surface area contributed by atoms with E-state index in [9.17, 15) is 0 Å². The van der Waals surface area contributed by atoms with Crippen LogP contribution in [0.3, 0.4) is 0 Å². The summed E-state index contributed by atoms with van der Waals surface area (Å²) < 4.78 is 5.54. The predicted molar refractivity (Wildman–Crippen MR) is 70.3 cm³/mol. The van der Waals surface area contributed by atoms with Gasteiger partial charge in [-0.2, -0.15) is 0 Å². The van der Waals surface area contributed by atoms with Gasteiger partial charge in [-0.25, -0.2) is 0 Å². The minimum absolute atomic E-state index is 0.336. The summed E-state index contributed by atoms with van der Waals surface area (Å²) in [5.41, 5.74) is 1.91. The minimum Gasteiger partial charge on any atom is -0.498 e. The minimum atomic E-state index is 0.336. The molecule has 1 aliphatic rings. The Kier molecular flexibility index (Phi) is 4.64. The van der Waals surface area contributed by atoms with E-state index >= 15 is 0 Å². The second kappa shape index (κ2) is 5.56. The van der Waals surface area contributed by atoms with Crippen molar-refractivity contribution in [1.29, 1.82) is 0 Å². The average molecular weight is 222 g/mol. The highest BCUT2D eigenvalue weighted by Gasteiger charge is 2.25. The van der Waals surface area contributed by atoms with Gasteiger partial charge in [-0.05, 0) is 37.2 Å². The normalized spacial score (nSPS) is 17.1. The molecule has 1 heteroatoms. The van der Waals surface area contributed by atoms with E-state index in [-0.39, 0.29) is 0 Å². The Balaban J connectivity index is 2.68. The van der Waals surface area contributed by atoms with Gasteiger partial charge in [0.05, 0.1) is 12.4 Å².